The number of imidazole rings is 1. The first-order valence-corrected chi connectivity index (χ1v) is 10.6. The van der Waals surface area contributed by atoms with Crippen LogP contribution in [0.5, 0.6) is 0 Å². The fourth-order valence-corrected chi connectivity index (χ4v) is 4.04. The Bertz CT molecular complexity index is 1270. The van der Waals surface area contributed by atoms with Crippen molar-refractivity contribution in [2.24, 2.45) is 0 Å². The summed E-state index contributed by atoms with van der Waals surface area (Å²) in [6, 6.07) is 9.60. The first-order chi connectivity index (χ1) is 14.6. The maximum absolute atomic E-state index is 12.7. The molecular formula is C19H22N8O2S. The summed E-state index contributed by atoms with van der Waals surface area (Å²) in [5.41, 5.74) is 0.832. The molecule has 0 saturated heterocycles. The summed E-state index contributed by atoms with van der Waals surface area (Å²) in [4.78, 5) is 32.5. The van der Waals surface area contributed by atoms with Crippen LogP contribution in [0.1, 0.15) is 31.2 Å². The molecule has 10 nitrogen and oxygen atoms in total. The van der Waals surface area contributed by atoms with E-state index in [2.05, 4.69) is 22.1 Å². The largest absolute Gasteiger partial charge is 0.336 e. The zero-order chi connectivity index (χ0) is 21.1. The van der Waals surface area contributed by atoms with Crippen LogP contribution >= 0.6 is 11.8 Å². The minimum atomic E-state index is -0.475. The van der Waals surface area contributed by atoms with Crippen LogP contribution in [0.25, 0.3) is 11.2 Å². The number of hydrogen-bond donors (Lipinski definition) is 2. The summed E-state index contributed by atoms with van der Waals surface area (Å²) < 4.78 is 4.73. The summed E-state index contributed by atoms with van der Waals surface area (Å²) in [6.45, 7) is 3.03. The van der Waals surface area contributed by atoms with Crippen molar-refractivity contribution in [3.05, 3.63) is 68.9 Å². The van der Waals surface area contributed by atoms with Gasteiger partial charge in [-0.1, -0.05) is 55.4 Å². The third kappa shape index (κ3) is 3.88. The van der Waals surface area contributed by atoms with Gasteiger partial charge in [0, 0.05) is 6.54 Å². The topological polar surface area (TPSA) is 129 Å². The first-order valence-electron chi connectivity index (χ1n) is 9.62. The third-order valence-electron chi connectivity index (χ3n) is 4.75. The molecule has 156 valence electrons. The van der Waals surface area contributed by atoms with Crippen LogP contribution in [0.3, 0.4) is 0 Å². The second-order valence-electron chi connectivity index (χ2n) is 6.85. The second kappa shape index (κ2) is 8.57. The SMILES string of the molecule is CCCCn1c(CSc2nncn2N)nc2c1c(=O)[nH]c(=O)n2Cc1ccccc1. The normalized spacial score (nSPS) is 11.4. The van der Waals surface area contributed by atoms with Crippen LogP contribution in [0, 0.1) is 0 Å². The Kier molecular flexibility index (Phi) is 5.70. The lowest BCUT2D eigenvalue weighted by Gasteiger charge is -2.08. The maximum Gasteiger partial charge on any atom is 0.330 e. The number of aryl methyl sites for hydroxylation is 1. The van der Waals surface area contributed by atoms with Crippen LogP contribution < -0.4 is 17.1 Å². The number of thioether (sulfide) groups is 1. The van der Waals surface area contributed by atoms with E-state index < -0.39 is 11.2 Å². The minimum absolute atomic E-state index is 0.321. The first kappa shape index (κ1) is 20.0. The van der Waals surface area contributed by atoms with Gasteiger partial charge in [-0.25, -0.2) is 14.5 Å². The van der Waals surface area contributed by atoms with E-state index in [9.17, 15) is 9.59 Å². The minimum Gasteiger partial charge on any atom is -0.336 e. The number of aromatic amines is 1. The molecule has 0 aliphatic carbocycles. The third-order valence-corrected chi connectivity index (χ3v) is 5.71. The Morgan fingerprint density at radius 2 is 1.97 bits per heavy atom. The standard InChI is InChI=1S/C19H22N8O2S/c1-2-3-9-25-14(11-30-19-24-21-12-27(19)20)22-16-15(25)17(28)23-18(29)26(16)10-13-7-5-4-6-8-13/h4-8,12H,2-3,9-11,20H2,1H3,(H,23,28,29). The molecule has 0 aliphatic rings. The molecule has 30 heavy (non-hydrogen) atoms. The summed E-state index contributed by atoms with van der Waals surface area (Å²) in [7, 11) is 0. The number of hydrogen-bond acceptors (Lipinski definition) is 7. The van der Waals surface area contributed by atoms with E-state index in [0.29, 0.717) is 41.0 Å². The number of nitrogen functional groups attached to an aromatic ring is 1. The quantitative estimate of drug-likeness (QED) is 0.321. The Morgan fingerprint density at radius 3 is 2.67 bits per heavy atom. The van der Waals surface area contributed by atoms with Gasteiger partial charge in [0.1, 0.15) is 12.2 Å². The molecule has 0 atom stereocenters. The van der Waals surface area contributed by atoms with E-state index in [1.165, 1.54) is 27.3 Å². The maximum atomic E-state index is 12.7. The smallest absolute Gasteiger partial charge is 0.330 e. The average molecular weight is 427 g/mol. The fraction of sp³-hybridized carbons (Fsp3) is 0.316. The molecule has 1 aromatic carbocycles. The molecule has 3 aromatic heterocycles. The average Bonchev–Trinajstić information content (AvgIpc) is 3.32. The lowest BCUT2D eigenvalue weighted by molar-refractivity contribution is 0.626. The Balaban J connectivity index is 1.81. The number of rotatable bonds is 8. The van der Waals surface area contributed by atoms with Crippen molar-refractivity contribution in [2.75, 3.05) is 5.84 Å². The molecule has 0 fully saturated rings. The molecule has 3 heterocycles. The zero-order valence-corrected chi connectivity index (χ0v) is 17.3. The molecule has 0 saturated carbocycles. The molecule has 3 N–H and O–H groups in total. The number of aromatic nitrogens is 7. The van der Waals surface area contributed by atoms with E-state index >= 15 is 0 Å². The van der Waals surface area contributed by atoms with Gasteiger partial charge >= 0.3 is 5.69 Å². The van der Waals surface area contributed by atoms with Gasteiger partial charge in [0.05, 0.1) is 12.3 Å². The van der Waals surface area contributed by atoms with Gasteiger partial charge in [-0.05, 0) is 12.0 Å². The van der Waals surface area contributed by atoms with Gasteiger partial charge in [0.15, 0.2) is 11.2 Å². The number of H-pyrrole nitrogens is 1. The molecule has 0 unspecified atom stereocenters. The predicted molar refractivity (Wildman–Crippen MR) is 115 cm³/mol. The molecule has 0 aliphatic heterocycles. The van der Waals surface area contributed by atoms with Gasteiger partial charge in [0.25, 0.3) is 5.56 Å². The number of nitrogens with one attached hydrogen (secondary N) is 1. The van der Waals surface area contributed by atoms with Crippen molar-refractivity contribution in [1.29, 1.82) is 0 Å². The highest BCUT2D eigenvalue weighted by Gasteiger charge is 2.19. The number of nitrogens with zero attached hydrogens (tertiary/aromatic N) is 6. The number of unbranched alkanes of at least 4 members (excludes halogenated alkanes) is 1. The number of nitrogens with two attached hydrogens (primary N) is 1. The Hall–Kier alpha value is -3.34. The second-order valence-corrected chi connectivity index (χ2v) is 7.79. The van der Waals surface area contributed by atoms with E-state index in [1.807, 2.05) is 34.9 Å². The number of fused-ring (bicyclic) bond motifs is 1. The molecular weight excluding hydrogens is 404 g/mol. The summed E-state index contributed by atoms with van der Waals surface area (Å²) >= 11 is 1.37. The summed E-state index contributed by atoms with van der Waals surface area (Å²) in [6.07, 6.45) is 3.27. The van der Waals surface area contributed by atoms with E-state index in [0.717, 1.165) is 18.4 Å². The molecule has 0 bridgehead atoms. The molecule has 11 heteroatoms. The van der Waals surface area contributed by atoms with Crippen LogP contribution in [0.15, 0.2) is 51.4 Å². The molecule has 4 aromatic rings. The highest BCUT2D eigenvalue weighted by atomic mass is 32.2. The van der Waals surface area contributed by atoms with Crippen LogP contribution in [0.4, 0.5) is 0 Å². The van der Waals surface area contributed by atoms with Gasteiger partial charge < -0.3 is 10.4 Å². The Morgan fingerprint density at radius 1 is 1.17 bits per heavy atom. The van der Waals surface area contributed by atoms with Gasteiger partial charge in [-0.2, -0.15) is 0 Å². The monoisotopic (exact) mass is 426 g/mol. The van der Waals surface area contributed by atoms with Crippen molar-refractivity contribution >= 4 is 22.9 Å². The predicted octanol–water partition coefficient (Wildman–Crippen LogP) is 1.33. The van der Waals surface area contributed by atoms with Gasteiger partial charge in [-0.15, -0.1) is 10.2 Å². The summed E-state index contributed by atoms with van der Waals surface area (Å²) in [5.74, 6) is 6.92. The molecule has 0 amide bonds. The number of benzene rings is 1. The van der Waals surface area contributed by atoms with Crippen LogP contribution in [-0.4, -0.2) is 34.0 Å². The Labute approximate surface area is 175 Å². The van der Waals surface area contributed by atoms with Crippen molar-refractivity contribution in [3.63, 3.8) is 0 Å². The molecule has 4 rings (SSSR count). The van der Waals surface area contributed by atoms with Gasteiger partial charge in [-0.3, -0.25) is 14.3 Å². The fourth-order valence-electron chi connectivity index (χ4n) is 3.26. The van der Waals surface area contributed by atoms with Crippen molar-refractivity contribution in [2.45, 2.75) is 43.8 Å². The zero-order valence-electron chi connectivity index (χ0n) is 16.5. The molecule has 0 spiro atoms. The lowest BCUT2D eigenvalue weighted by atomic mass is 10.2. The van der Waals surface area contributed by atoms with Crippen molar-refractivity contribution in [1.82, 2.24) is 34.0 Å². The van der Waals surface area contributed by atoms with Gasteiger partial charge in [0.2, 0.25) is 5.16 Å². The van der Waals surface area contributed by atoms with E-state index in [4.69, 9.17) is 10.8 Å². The lowest BCUT2D eigenvalue weighted by Crippen LogP contribution is -2.31. The van der Waals surface area contributed by atoms with Crippen LogP contribution in [0.2, 0.25) is 0 Å². The summed E-state index contributed by atoms with van der Waals surface area (Å²) in [5, 5.41) is 8.29. The van der Waals surface area contributed by atoms with E-state index in [-0.39, 0.29) is 0 Å². The van der Waals surface area contributed by atoms with Crippen LogP contribution in [-0.2, 0) is 18.8 Å². The van der Waals surface area contributed by atoms with Crippen molar-refractivity contribution in [3.8, 4) is 0 Å². The van der Waals surface area contributed by atoms with E-state index in [1.54, 1.807) is 0 Å². The highest BCUT2D eigenvalue weighted by molar-refractivity contribution is 7.98. The highest BCUT2D eigenvalue weighted by Crippen LogP contribution is 2.22. The molecule has 0 radical (unpaired) electrons. The van der Waals surface area contributed by atoms with Crippen molar-refractivity contribution < 1.29 is 0 Å².